The van der Waals surface area contributed by atoms with Crippen molar-refractivity contribution in [1.82, 2.24) is 15.1 Å². The van der Waals surface area contributed by atoms with Gasteiger partial charge in [0.25, 0.3) is 0 Å². The quantitative estimate of drug-likeness (QED) is 0.506. The van der Waals surface area contributed by atoms with Gasteiger partial charge in [-0.1, -0.05) is 60.7 Å². The number of benzene rings is 2. The van der Waals surface area contributed by atoms with E-state index in [1.165, 1.54) is 0 Å². The molecule has 0 saturated carbocycles. The Morgan fingerprint density at radius 2 is 1.65 bits per heavy atom. The third kappa shape index (κ3) is 4.32. The molecule has 3 aliphatic heterocycles. The highest BCUT2D eigenvalue weighted by Crippen LogP contribution is 2.55. The van der Waals surface area contributed by atoms with Crippen LogP contribution in [0.1, 0.15) is 24.0 Å². The van der Waals surface area contributed by atoms with Gasteiger partial charge < -0.3 is 19.9 Å². The van der Waals surface area contributed by atoms with Crippen LogP contribution in [0, 0.1) is 0 Å². The molecular formula is C26H29N3O4S. The molecule has 1 N–H and O–H groups in total. The van der Waals surface area contributed by atoms with Gasteiger partial charge in [-0.05, 0) is 44.1 Å². The minimum Gasteiger partial charge on any atom is -0.459 e. The Morgan fingerprint density at radius 3 is 2.29 bits per heavy atom. The molecule has 8 heteroatoms. The Balaban J connectivity index is 1.30. The summed E-state index contributed by atoms with van der Waals surface area (Å²) in [7, 11) is 2.07. The number of nitrogens with zero attached hydrogens (tertiary/aromatic N) is 2. The van der Waals surface area contributed by atoms with Crippen LogP contribution in [0.3, 0.4) is 0 Å². The highest BCUT2D eigenvalue weighted by molar-refractivity contribution is 8.01. The predicted molar refractivity (Wildman–Crippen MR) is 130 cm³/mol. The largest absolute Gasteiger partial charge is 0.459 e. The van der Waals surface area contributed by atoms with Crippen LogP contribution in [0.25, 0.3) is 0 Å². The van der Waals surface area contributed by atoms with Crippen LogP contribution in [-0.4, -0.2) is 69.9 Å². The maximum atomic E-state index is 13.3. The number of ether oxygens (including phenoxy) is 1. The van der Waals surface area contributed by atoms with E-state index < -0.39 is 12.1 Å². The van der Waals surface area contributed by atoms with E-state index in [0.29, 0.717) is 0 Å². The van der Waals surface area contributed by atoms with Crippen molar-refractivity contribution in [3.05, 3.63) is 71.8 Å². The van der Waals surface area contributed by atoms with E-state index in [1.54, 1.807) is 16.7 Å². The Labute approximate surface area is 203 Å². The topological polar surface area (TPSA) is 79.0 Å². The summed E-state index contributed by atoms with van der Waals surface area (Å²) in [6, 6.07) is 17.8. The molecule has 3 saturated heterocycles. The molecule has 3 heterocycles. The second-order valence-electron chi connectivity index (χ2n) is 9.33. The minimum atomic E-state index is -0.630. The first-order chi connectivity index (χ1) is 16.5. The number of nitrogens with one attached hydrogen (secondary N) is 1. The van der Waals surface area contributed by atoms with E-state index in [4.69, 9.17) is 4.74 Å². The molecule has 0 radical (unpaired) electrons. The van der Waals surface area contributed by atoms with Crippen molar-refractivity contribution < 1.29 is 19.1 Å². The molecule has 0 aromatic heterocycles. The molecule has 2 aromatic rings. The van der Waals surface area contributed by atoms with E-state index >= 15 is 0 Å². The third-order valence-corrected chi connectivity index (χ3v) is 8.86. The summed E-state index contributed by atoms with van der Waals surface area (Å²) in [5.74, 6) is -0.737. The third-order valence-electron chi connectivity index (χ3n) is 7.02. The number of amides is 2. The summed E-state index contributed by atoms with van der Waals surface area (Å²) >= 11 is 1.67. The van der Waals surface area contributed by atoms with Gasteiger partial charge in [-0.25, -0.2) is 4.79 Å². The van der Waals surface area contributed by atoms with E-state index in [9.17, 15) is 14.4 Å². The van der Waals surface area contributed by atoms with Gasteiger partial charge in [0.15, 0.2) is 0 Å². The lowest BCUT2D eigenvalue weighted by Crippen LogP contribution is -2.71. The first kappa shape index (κ1) is 22.9. The van der Waals surface area contributed by atoms with Gasteiger partial charge in [0, 0.05) is 0 Å². The zero-order chi connectivity index (χ0) is 23.7. The van der Waals surface area contributed by atoms with Crippen LogP contribution >= 0.6 is 11.8 Å². The summed E-state index contributed by atoms with van der Waals surface area (Å²) in [5, 5.41) is 2.68. The fraction of sp³-hybridized carbons (Fsp3) is 0.423. The molecule has 3 atom stereocenters. The van der Waals surface area contributed by atoms with Crippen molar-refractivity contribution in [2.75, 3.05) is 20.1 Å². The maximum Gasteiger partial charge on any atom is 0.330 e. The molecule has 178 valence electrons. The standard InChI is InChI=1S/C26H29N3O4S/c1-28-14-12-26(13-15-28)22(25(32)33-17-19-10-6-3-7-11-19)29-23(31)21(24(29)34-26)27-20(30)16-18-8-4-2-5-9-18/h2-11,21-22,24H,12-17H2,1H3,(H,27,30)/t21?,22?,24-/m1/s1. The number of fused-ring (bicyclic) bond motifs is 1. The highest BCUT2D eigenvalue weighted by atomic mass is 32.2. The normalized spacial score (nSPS) is 25.5. The molecule has 2 amide bonds. The molecular weight excluding hydrogens is 450 g/mol. The molecule has 1 spiro atoms. The van der Waals surface area contributed by atoms with Crippen molar-refractivity contribution in [2.45, 2.75) is 48.1 Å². The number of esters is 1. The van der Waals surface area contributed by atoms with Crippen LogP contribution in [0.15, 0.2) is 60.7 Å². The Morgan fingerprint density at radius 1 is 1.03 bits per heavy atom. The second-order valence-corrected chi connectivity index (χ2v) is 10.9. The van der Waals surface area contributed by atoms with Gasteiger partial charge >= 0.3 is 5.97 Å². The van der Waals surface area contributed by atoms with Gasteiger partial charge in [0.05, 0.1) is 11.2 Å². The molecule has 0 bridgehead atoms. The van der Waals surface area contributed by atoms with E-state index in [2.05, 4.69) is 17.3 Å². The minimum absolute atomic E-state index is 0.181. The Kier molecular flexibility index (Phi) is 6.36. The SMILES string of the molecule is CN1CCC2(CC1)S[C@@H]1C(NC(=O)Cc3ccccc3)C(=O)N1C2C(=O)OCc1ccccc1. The van der Waals surface area contributed by atoms with Gasteiger partial charge in [-0.3, -0.25) is 9.59 Å². The first-order valence-electron chi connectivity index (χ1n) is 11.7. The fourth-order valence-corrected chi connectivity index (χ4v) is 7.00. The second kappa shape index (κ2) is 9.43. The Bertz CT molecular complexity index is 1060. The number of rotatable bonds is 6. The molecule has 5 rings (SSSR count). The smallest absolute Gasteiger partial charge is 0.330 e. The zero-order valence-electron chi connectivity index (χ0n) is 19.2. The van der Waals surface area contributed by atoms with Crippen molar-refractivity contribution in [3.8, 4) is 0 Å². The first-order valence-corrected chi connectivity index (χ1v) is 12.6. The van der Waals surface area contributed by atoms with Gasteiger partial charge in [-0.15, -0.1) is 11.8 Å². The summed E-state index contributed by atoms with van der Waals surface area (Å²) < 4.78 is 5.33. The summed E-state index contributed by atoms with van der Waals surface area (Å²) in [4.78, 5) is 43.1. The number of hydrogen-bond acceptors (Lipinski definition) is 6. The Hall–Kier alpha value is -2.84. The van der Waals surface area contributed by atoms with Crippen molar-refractivity contribution in [3.63, 3.8) is 0 Å². The van der Waals surface area contributed by atoms with Crippen molar-refractivity contribution in [1.29, 1.82) is 0 Å². The highest BCUT2D eigenvalue weighted by Gasteiger charge is 2.67. The van der Waals surface area contributed by atoms with Crippen molar-refractivity contribution >= 4 is 29.5 Å². The number of carbonyl (C=O) groups excluding carboxylic acids is 3. The summed E-state index contributed by atoms with van der Waals surface area (Å²) in [6.07, 6.45) is 1.81. The molecule has 3 fully saturated rings. The number of likely N-dealkylation sites (tertiary alicyclic amines) is 1. The molecule has 0 aliphatic carbocycles. The zero-order valence-corrected chi connectivity index (χ0v) is 20.0. The van der Waals surface area contributed by atoms with Gasteiger partial charge in [0.2, 0.25) is 11.8 Å². The monoisotopic (exact) mass is 479 g/mol. The lowest BCUT2D eigenvalue weighted by atomic mass is 9.85. The lowest BCUT2D eigenvalue weighted by molar-refractivity contribution is -0.166. The molecule has 34 heavy (non-hydrogen) atoms. The van der Waals surface area contributed by atoms with Crippen LogP contribution < -0.4 is 5.32 Å². The van der Waals surface area contributed by atoms with E-state index in [1.807, 2.05) is 60.7 Å². The van der Waals surface area contributed by atoms with Crippen LogP contribution in [-0.2, 0) is 32.1 Å². The van der Waals surface area contributed by atoms with Crippen LogP contribution in [0.5, 0.6) is 0 Å². The summed E-state index contributed by atoms with van der Waals surface area (Å²) in [6.45, 7) is 1.89. The van der Waals surface area contributed by atoms with Crippen LogP contribution in [0.2, 0.25) is 0 Å². The van der Waals surface area contributed by atoms with Gasteiger partial charge in [-0.2, -0.15) is 0 Å². The number of β-lactam (4-membered cyclic amide) rings is 1. The maximum absolute atomic E-state index is 13.3. The van der Waals surface area contributed by atoms with E-state index in [0.717, 1.165) is 37.1 Å². The average molecular weight is 480 g/mol. The predicted octanol–water partition coefficient (Wildman–Crippen LogP) is 2.21. The number of piperidine rings is 1. The average Bonchev–Trinajstić information content (AvgIpc) is 3.15. The molecule has 3 aliphatic rings. The van der Waals surface area contributed by atoms with Gasteiger partial charge in [0.1, 0.15) is 24.1 Å². The van der Waals surface area contributed by atoms with Crippen LogP contribution in [0.4, 0.5) is 0 Å². The number of hydrogen-bond donors (Lipinski definition) is 1. The summed E-state index contributed by atoms with van der Waals surface area (Å²) in [5.41, 5.74) is 1.81. The molecule has 2 unspecified atom stereocenters. The number of thioether (sulfide) groups is 1. The molecule has 7 nitrogen and oxygen atoms in total. The van der Waals surface area contributed by atoms with Crippen molar-refractivity contribution in [2.24, 2.45) is 0 Å². The fourth-order valence-electron chi connectivity index (χ4n) is 5.11. The number of carbonyl (C=O) groups is 3. The lowest BCUT2D eigenvalue weighted by Gasteiger charge is -2.44. The molecule has 2 aromatic carbocycles. The van der Waals surface area contributed by atoms with E-state index in [-0.39, 0.29) is 40.9 Å².